The molecule has 2 aromatic heterocycles. The number of phenolic OH excluding ortho intramolecular Hbond substituents is 1. The van der Waals surface area contributed by atoms with E-state index in [-0.39, 0.29) is 40.5 Å². The molecule has 0 aliphatic carbocycles. The van der Waals surface area contributed by atoms with Crippen LogP contribution in [-0.4, -0.2) is 63.5 Å². The van der Waals surface area contributed by atoms with Gasteiger partial charge in [0.05, 0.1) is 36.9 Å². The summed E-state index contributed by atoms with van der Waals surface area (Å²) in [6.07, 6.45) is 5.80. The van der Waals surface area contributed by atoms with Crippen LogP contribution < -0.4 is 15.0 Å². The minimum absolute atomic E-state index is 0.107. The van der Waals surface area contributed by atoms with E-state index in [2.05, 4.69) is 25.3 Å². The summed E-state index contributed by atoms with van der Waals surface area (Å²) < 4.78 is 34.8. The average Bonchev–Trinajstić information content (AvgIpc) is 3.25. The highest BCUT2D eigenvalue weighted by Gasteiger charge is 2.43. The predicted molar refractivity (Wildman–Crippen MR) is 118 cm³/mol. The average molecular weight is 454 g/mol. The molecule has 2 saturated heterocycles. The molecule has 4 heterocycles. The van der Waals surface area contributed by atoms with Crippen molar-refractivity contribution in [1.82, 2.24) is 25.3 Å². The Balaban J connectivity index is 1.39. The number of nitrogens with one attached hydrogen (secondary N) is 1. The fourth-order valence-electron chi connectivity index (χ4n) is 4.72. The van der Waals surface area contributed by atoms with Gasteiger partial charge in [0, 0.05) is 36.3 Å². The van der Waals surface area contributed by atoms with Gasteiger partial charge in [0.2, 0.25) is 5.88 Å². The molecule has 2 fully saturated rings. The Morgan fingerprint density at radius 2 is 1.91 bits per heavy atom. The molecule has 8 nitrogen and oxygen atoms in total. The number of hydrogen-bond donors (Lipinski definition) is 2. The summed E-state index contributed by atoms with van der Waals surface area (Å²) in [7, 11) is 3.26. The van der Waals surface area contributed by atoms with Crippen LogP contribution in [0.3, 0.4) is 0 Å². The largest absolute Gasteiger partial charge is 0.507 e. The van der Waals surface area contributed by atoms with E-state index in [9.17, 15) is 13.9 Å². The zero-order chi connectivity index (χ0) is 23.1. The van der Waals surface area contributed by atoms with E-state index >= 15 is 0 Å². The highest BCUT2D eigenvalue weighted by molar-refractivity contribution is 5.73. The van der Waals surface area contributed by atoms with Gasteiger partial charge < -0.3 is 20.1 Å². The quantitative estimate of drug-likeness (QED) is 0.607. The van der Waals surface area contributed by atoms with Crippen molar-refractivity contribution in [3.8, 4) is 34.1 Å². The molecule has 2 N–H and O–H groups in total. The summed E-state index contributed by atoms with van der Waals surface area (Å²) in [6.45, 7) is 0. The Hall–Kier alpha value is -3.40. The van der Waals surface area contributed by atoms with Gasteiger partial charge in [-0.25, -0.2) is 23.7 Å². The van der Waals surface area contributed by atoms with Gasteiger partial charge in [0.1, 0.15) is 29.9 Å². The van der Waals surface area contributed by atoms with Crippen molar-refractivity contribution in [2.75, 3.05) is 19.1 Å². The Bertz CT molecular complexity index is 1160. The lowest BCUT2D eigenvalue weighted by atomic mass is 9.96. The molecule has 5 rings (SSSR count). The van der Waals surface area contributed by atoms with Gasteiger partial charge in [0.25, 0.3) is 0 Å². The van der Waals surface area contributed by atoms with E-state index < -0.39 is 12.0 Å². The number of aromatic nitrogens is 4. The van der Waals surface area contributed by atoms with Crippen LogP contribution >= 0.6 is 0 Å². The molecule has 4 atom stereocenters. The molecular formula is C23H24F2N6O2. The van der Waals surface area contributed by atoms with Crippen LogP contribution in [0.2, 0.25) is 0 Å². The van der Waals surface area contributed by atoms with Crippen molar-refractivity contribution in [2.24, 2.45) is 0 Å². The highest BCUT2D eigenvalue weighted by Crippen LogP contribution is 2.36. The molecule has 172 valence electrons. The number of phenols is 1. The van der Waals surface area contributed by atoms with E-state index in [1.54, 1.807) is 0 Å². The topological polar surface area (TPSA) is 96.3 Å². The maximum absolute atomic E-state index is 14.9. The lowest BCUT2D eigenvalue weighted by Gasteiger charge is -2.38. The van der Waals surface area contributed by atoms with Crippen molar-refractivity contribution < 1.29 is 18.6 Å². The smallest absolute Gasteiger partial charge is 0.216 e. The number of halogens is 2. The van der Waals surface area contributed by atoms with E-state index in [0.717, 1.165) is 12.8 Å². The number of aromatic hydroxyl groups is 1. The minimum Gasteiger partial charge on any atom is -0.507 e. The van der Waals surface area contributed by atoms with Gasteiger partial charge in [-0.2, -0.15) is 0 Å². The molecular weight excluding hydrogens is 430 g/mol. The maximum atomic E-state index is 14.9. The van der Waals surface area contributed by atoms with E-state index in [1.165, 1.54) is 44.0 Å². The summed E-state index contributed by atoms with van der Waals surface area (Å²) in [6, 6.07) is 3.89. The molecule has 33 heavy (non-hydrogen) atoms. The fourth-order valence-corrected chi connectivity index (χ4v) is 4.72. The van der Waals surface area contributed by atoms with E-state index in [0.29, 0.717) is 24.0 Å². The monoisotopic (exact) mass is 454 g/mol. The van der Waals surface area contributed by atoms with Crippen LogP contribution in [0.1, 0.15) is 19.3 Å². The molecule has 0 radical (unpaired) electrons. The molecule has 2 aliphatic rings. The lowest BCUT2D eigenvalue weighted by Crippen LogP contribution is -2.55. The van der Waals surface area contributed by atoms with Gasteiger partial charge in [-0.1, -0.05) is 0 Å². The second kappa shape index (κ2) is 8.51. The second-order valence-corrected chi connectivity index (χ2v) is 8.46. The van der Waals surface area contributed by atoms with Crippen LogP contribution in [0.15, 0.2) is 36.9 Å². The normalized spacial score (nSPS) is 24.0. The summed E-state index contributed by atoms with van der Waals surface area (Å²) in [5, 5.41) is 13.9. The molecule has 10 heteroatoms. The van der Waals surface area contributed by atoms with Gasteiger partial charge in [-0.05, 0) is 31.4 Å². The first kappa shape index (κ1) is 21.4. The number of anilines is 1. The number of hydrogen-bond acceptors (Lipinski definition) is 8. The summed E-state index contributed by atoms with van der Waals surface area (Å²) >= 11 is 0. The summed E-state index contributed by atoms with van der Waals surface area (Å²) in [5.74, 6) is 0.0540. The number of rotatable bonds is 5. The minimum atomic E-state index is -0.985. The first-order chi connectivity index (χ1) is 15.9. The summed E-state index contributed by atoms with van der Waals surface area (Å²) in [4.78, 5) is 18.5. The number of alkyl halides is 1. The van der Waals surface area contributed by atoms with Gasteiger partial charge in [-0.15, -0.1) is 0 Å². The van der Waals surface area contributed by atoms with Crippen LogP contribution in [-0.2, 0) is 0 Å². The molecule has 0 amide bonds. The van der Waals surface area contributed by atoms with Crippen LogP contribution in [0, 0.1) is 5.82 Å². The molecule has 0 unspecified atom stereocenters. The molecule has 2 bridgehead atoms. The van der Waals surface area contributed by atoms with Crippen molar-refractivity contribution in [3.63, 3.8) is 0 Å². The number of piperidine rings is 1. The first-order valence-corrected chi connectivity index (χ1v) is 10.8. The van der Waals surface area contributed by atoms with Gasteiger partial charge in [0.15, 0.2) is 0 Å². The second-order valence-electron chi connectivity index (χ2n) is 8.46. The van der Waals surface area contributed by atoms with E-state index in [4.69, 9.17) is 4.74 Å². The predicted octanol–water partition coefficient (Wildman–Crippen LogP) is 3.12. The number of nitrogens with zero attached hydrogens (tertiary/aromatic N) is 5. The third-order valence-electron chi connectivity index (χ3n) is 6.54. The van der Waals surface area contributed by atoms with Crippen LogP contribution in [0.5, 0.6) is 11.6 Å². The molecule has 0 spiro atoms. The third kappa shape index (κ3) is 3.95. The molecule has 3 aromatic rings. The Morgan fingerprint density at radius 1 is 1.06 bits per heavy atom. The molecule has 2 aliphatic heterocycles. The van der Waals surface area contributed by atoms with Crippen molar-refractivity contribution in [3.05, 3.63) is 42.7 Å². The van der Waals surface area contributed by atoms with E-state index in [1.807, 2.05) is 11.9 Å². The number of fused-ring (bicyclic) bond motifs is 2. The number of ether oxygens (including phenoxy) is 1. The molecule has 1 aromatic carbocycles. The third-order valence-corrected chi connectivity index (χ3v) is 6.54. The SMILES string of the molecule is COc1cc(-c2cc(O)c(-c3cnc(N(C)[C@H]4C[C@@H]5CC[C@@H](N5)[C@H]4F)cn3)cc2F)ncn1. The highest BCUT2D eigenvalue weighted by atomic mass is 19.1. The van der Waals surface area contributed by atoms with Gasteiger partial charge in [-0.3, -0.25) is 4.98 Å². The summed E-state index contributed by atoms with van der Waals surface area (Å²) in [5.41, 5.74) is 0.886. The Kier molecular flexibility index (Phi) is 5.53. The van der Waals surface area contributed by atoms with Gasteiger partial charge >= 0.3 is 0 Å². The van der Waals surface area contributed by atoms with Crippen LogP contribution in [0.25, 0.3) is 22.5 Å². The maximum Gasteiger partial charge on any atom is 0.216 e. The Morgan fingerprint density at radius 3 is 2.67 bits per heavy atom. The lowest BCUT2D eigenvalue weighted by molar-refractivity contribution is 0.176. The standard InChI is InChI=1S/C23H24F2N6O2/c1-31(19-5-12-3-4-16(30-12)23(19)25)21-10-26-18(9-27-21)14-6-15(24)13(7-20(14)32)17-8-22(33-2)29-11-28-17/h6-12,16,19,23,30,32H,3-5H2,1-2H3/t12-,16+,19-,23+/m0/s1. The Labute approximate surface area is 189 Å². The van der Waals surface area contributed by atoms with Crippen molar-refractivity contribution >= 4 is 5.82 Å². The fraction of sp³-hybridized carbons (Fsp3) is 0.391. The zero-order valence-electron chi connectivity index (χ0n) is 18.2. The van der Waals surface area contributed by atoms with Crippen LogP contribution in [0.4, 0.5) is 14.6 Å². The molecule has 0 saturated carbocycles. The van der Waals surface area contributed by atoms with Crippen molar-refractivity contribution in [1.29, 1.82) is 0 Å². The number of methoxy groups -OCH3 is 1. The zero-order valence-corrected chi connectivity index (χ0v) is 18.2. The number of benzene rings is 1. The van der Waals surface area contributed by atoms with Crippen molar-refractivity contribution in [2.45, 2.75) is 43.6 Å². The first-order valence-electron chi connectivity index (χ1n) is 10.8.